The lowest BCUT2D eigenvalue weighted by Gasteiger charge is -2.11. The normalized spacial score (nSPS) is 14.6. The molecule has 0 radical (unpaired) electrons. The Balaban J connectivity index is 1.51. The quantitative estimate of drug-likeness (QED) is 0.307. The number of imide groups is 1. The summed E-state index contributed by atoms with van der Waals surface area (Å²) in [6, 6.07) is 21.6. The van der Waals surface area contributed by atoms with Gasteiger partial charge in [0.2, 0.25) is 0 Å². The molecule has 0 fully saturated rings. The van der Waals surface area contributed by atoms with Gasteiger partial charge in [-0.15, -0.1) is 0 Å². The van der Waals surface area contributed by atoms with Crippen molar-refractivity contribution in [1.29, 1.82) is 0 Å². The first-order chi connectivity index (χ1) is 15.4. The van der Waals surface area contributed by atoms with E-state index in [1.165, 1.54) is 0 Å². The van der Waals surface area contributed by atoms with Crippen LogP contribution in [0, 0.1) is 0 Å². The fraction of sp³-hybridized carbons (Fsp3) is 0.0800. The van der Waals surface area contributed by atoms with Crippen LogP contribution in [0.1, 0.15) is 28.4 Å². The molecular weight excluding hydrogens is 492 g/mol. The van der Waals surface area contributed by atoms with E-state index in [9.17, 15) is 9.59 Å². The molecule has 0 atom stereocenters. The summed E-state index contributed by atoms with van der Waals surface area (Å²) in [5, 5.41) is 5.73. The van der Waals surface area contributed by atoms with E-state index in [2.05, 4.69) is 21.0 Å². The van der Waals surface area contributed by atoms with Gasteiger partial charge in [0, 0.05) is 16.1 Å². The van der Waals surface area contributed by atoms with Gasteiger partial charge < -0.3 is 4.74 Å². The molecule has 3 aromatic rings. The first-order valence-electron chi connectivity index (χ1n) is 9.81. The van der Waals surface area contributed by atoms with Gasteiger partial charge in [-0.2, -0.15) is 10.1 Å². The van der Waals surface area contributed by atoms with Gasteiger partial charge in [-0.05, 0) is 64.8 Å². The third kappa shape index (κ3) is 4.66. The van der Waals surface area contributed by atoms with Gasteiger partial charge in [0.15, 0.2) is 0 Å². The first kappa shape index (κ1) is 22.0. The van der Waals surface area contributed by atoms with E-state index in [1.807, 2.05) is 48.5 Å². The van der Waals surface area contributed by atoms with Crippen LogP contribution in [-0.4, -0.2) is 22.5 Å². The van der Waals surface area contributed by atoms with Crippen molar-refractivity contribution in [2.24, 2.45) is 5.10 Å². The molecule has 0 N–H and O–H groups in total. The fourth-order valence-electron chi connectivity index (χ4n) is 3.19. The third-order valence-corrected chi connectivity index (χ3v) is 5.87. The minimum atomic E-state index is -0.456. The zero-order valence-corrected chi connectivity index (χ0v) is 19.4. The van der Waals surface area contributed by atoms with Crippen LogP contribution in [0.15, 0.2) is 87.9 Å². The lowest BCUT2D eigenvalue weighted by molar-refractivity contribution is -0.123. The molecule has 1 aliphatic heterocycles. The Hall–Kier alpha value is -3.22. The predicted octanol–water partition coefficient (Wildman–Crippen LogP) is 6.12. The van der Waals surface area contributed by atoms with Gasteiger partial charge in [-0.3, -0.25) is 9.59 Å². The second-order valence-corrected chi connectivity index (χ2v) is 8.36. The largest absolute Gasteiger partial charge is 0.488 e. The molecule has 5 nitrogen and oxygen atoms in total. The molecule has 0 spiro atoms. The van der Waals surface area contributed by atoms with E-state index in [0.717, 1.165) is 20.6 Å². The van der Waals surface area contributed by atoms with Crippen molar-refractivity contribution < 1.29 is 14.3 Å². The molecule has 0 bridgehead atoms. The summed E-state index contributed by atoms with van der Waals surface area (Å²) in [4.78, 5) is 25.5. The minimum Gasteiger partial charge on any atom is -0.488 e. The van der Waals surface area contributed by atoms with Crippen molar-refractivity contribution >= 4 is 51.1 Å². The number of benzene rings is 3. The summed E-state index contributed by atoms with van der Waals surface area (Å²) >= 11 is 9.70. The maximum Gasteiger partial charge on any atom is 0.283 e. The fourth-order valence-corrected chi connectivity index (χ4v) is 3.89. The zero-order valence-electron chi connectivity index (χ0n) is 17.1. The lowest BCUT2D eigenvalue weighted by atomic mass is 10.1. The number of ether oxygens (including phenoxy) is 1. The lowest BCUT2D eigenvalue weighted by Crippen LogP contribution is -2.29. The number of hydrazone groups is 1. The summed E-state index contributed by atoms with van der Waals surface area (Å²) in [5.41, 5.74) is 2.91. The average molecular weight is 510 g/mol. The average Bonchev–Trinajstić information content (AvgIpc) is 3.08. The Morgan fingerprint density at radius 2 is 1.81 bits per heavy atom. The van der Waals surface area contributed by atoms with E-state index in [0.29, 0.717) is 34.2 Å². The van der Waals surface area contributed by atoms with E-state index >= 15 is 0 Å². The van der Waals surface area contributed by atoms with Crippen LogP contribution in [0.2, 0.25) is 5.02 Å². The number of carbonyl (C=O) groups is 2. The van der Waals surface area contributed by atoms with Crippen LogP contribution in [0.3, 0.4) is 0 Å². The summed E-state index contributed by atoms with van der Waals surface area (Å²) in [6.07, 6.45) is 1.71. The second-order valence-electron chi connectivity index (χ2n) is 7.10. The molecule has 0 saturated carbocycles. The van der Waals surface area contributed by atoms with Crippen LogP contribution >= 0.6 is 27.5 Å². The number of nitrogens with zero attached hydrogens (tertiary/aromatic N) is 2. The van der Waals surface area contributed by atoms with Crippen molar-refractivity contribution in [3.05, 3.63) is 105 Å². The van der Waals surface area contributed by atoms with Crippen LogP contribution in [0.4, 0.5) is 0 Å². The van der Waals surface area contributed by atoms with Gasteiger partial charge in [0.25, 0.3) is 11.8 Å². The van der Waals surface area contributed by atoms with Crippen LogP contribution in [0.5, 0.6) is 5.75 Å². The van der Waals surface area contributed by atoms with Crippen molar-refractivity contribution in [3.8, 4) is 5.75 Å². The third-order valence-electron chi connectivity index (χ3n) is 4.88. The van der Waals surface area contributed by atoms with Gasteiger partial charge in [0.05, 0.1) is 15.8 Å². The Morgan fingerprint density at radius 1 is 1.09 bits per heavy atom. The van der Waals surface area contributed by atoms with E-state index in [1.54, 1.807) is 37.3 Å². The summed E-state index contributed by atoms with van der Waals surface area (Å²) in [5.74, 6) is -0.259. The van der Waals surface area contributed by atoms with Gasteiger partial charge in [0.1, 0.15) is 12.4 Å². The summed E-state index contributed by atoms with van der Waals surface area (Å²) in [6.45, 7) is 2.04. The van der Waals surface area contributed by atoms with Crippen molar-refractivity contribution in [2.45, 2.75) is 13.5 Å². The molecular formula is C25H18BrClN2O3. The second kappa shape index (κ2) is 9.51. The Morgan fingerprint density at radius 3 is 2.53 bits per heavy atom. The van der Waals surface area contributed by atoms with Crippen LogP contribution < -0.4 is 4.74 Å². The molecule has 1 heterocycles. The molecule has 160 valence electrons. The van der Waals surface area contributed by atoms with Crippen LogP contribution in [-0.2, 0) is 11.4 Å². The van der Waals surface area contributed by atoms with Gasteiger partial charge in [-0.25, -0.2) is 0 Å². The van der Waals surface area contributed by atoms with Gasteiger partial charge in [-0.1, -0.05) is 54.1 Å². The topological polar surface area (TPSA) is 59.0 Å². The van der Waals surface area contributed by atoms with Crippen molar-refractivity contribution in [3.63, 3.8) is 0 Å². The maximum atomic E-state index is 12.9. The Kier molecular flexibility index (Phi) is 6.53. The number of carbonyl (C=O) groups excluding carboxylic acids is 2. The number of amides is 2. The minimum absolute atomic E-state index is 0.333. The molecule has 2 amide bonds. The standard InChI is InChI=1S/C25H18BrClN2O3/c1-16-20(25(31)29(28-16)24(30)18-7-3-2-4-8-18)13-17-11-12-23(21(26)14-17)32-15-19-9-5-6-10-22(19)27/h2-14H,15H2,1H3/b20-13+. The number of hydrogen-bond donors (Lipinski definition) is 0. The zero-order chi connectivity index (χ0) is 22.7. The van der Waals surface area contributed by atoms with Crippen molar-refractivity contribution in [1.82, 2.24) is 5.01 Å². The molecule has 0 saturated heterocycles. The number of halogens is 2. The molecule has 0 unspecified atom stereocenters. The van der Waals surface area contributed by atoms with E-state index in [4.69, 9.17) is 16.3 Å². The molecule has 0 aliphatic carbocycles. The highest BCUT2D eigenvalue weighted by Gasteiger charge is 2.32. The predicted molar refractivity (Wildman–Crippen MR) is 129 cm³/mol. The van der Waals surface area contributed by atoms with E-state index in [-0.39, 0.29) is 0 Å². The monoisotopic (exact) mass is 508 g/mol. The summed E-state index contributed by atoms with van der Waals surface area (Å²) < 4.78 is 6.61. The van der Waals surface area contributed by atoms with E-state index < -0.39 is 11.8 Å². The maximum absolute atomic E-state index is 12.9. The Bertz CT molecular complexity index is 1260. The Labute approximate surface area is 199 Å². The molecule has 7 heteroatoms. The molecule has 32 heavy (non-hydrogen) atoms. The molecule has 0 aromatic heterocycles. The smallest absolute Gasteiger partial charge is 0.283 e. The summed E-state index contributed by atoms with van der Waals surface area (Å²) in [7, 11) is 0. The van der Waals surface area contributed by atoms with Crippen molar-refractivity contribution in [2.75, 3.05) is 0 Å². The molecule has 1 aliphatic rings. The SMILES string of the molecule is CC1=NN(C(=O)c2ccccc2)C(=O)/C1=C/c1ccc(OCc2ccccc2Cl)c(Br)c1. The highest BCUT2D eigenvalue weighted by Crippen LogP contribution is 2.29. The highest BCUT2D eigenvalue weighted by atomic mass is 79.9. The molecule has 3 aromatic carbocycles. The molecule has 4 rings (SSSR count). The van der Waals surface area contributed by atoms with Crippen LogP contribution in [0.25, 0.3) is 6.08 Å². The highest BCUT2D eigenvalue weighted by molar-refractivity contribution is 9.10. The number of hydrogen-bond acceptors (Lipinski definition) is 4. The first-order valence-corrected chi connectivity index (χ1v) is 11.0. The van der Waals surface area contributed by atoms with Gasteiger partial charge >= 0.3 is 0 Å². The number of rotatable bonds is 5.